The Labute approximate surface area is 85.5 Å². The molecule has 0 aliphatic carbocycles. The van der Waals surface area contributed by atoms with Crippen molar-refractivity contribution in [1.82, 2.24) is 4.90 Å². The van der Waals surface area contributed by atoms with Gasteiger partial charge in [-0.2, -0.15) is 0 Å². The summed E-state index contributed by atoms with van der Waals surface area (Å²) in [6.45, 7) is 7.70. The molecule has 75 valence electrons. The smallest absolute Gasteiger partial charge is 0.0703 e. The number of nitrogens with zero attached hydrogens (tertiary/aromatic N) is 1. The predicted molar refractivity (Wildman–Crippen MR) is 56.8 cm³/mol. The number of rotatable bonds is 2. The predicted octanol–water partition coefficient (Wildman–Crippen LogP) is 1.72. The second kappa shape index (κ2) is 4.58. The summed E-state index contributed by atoms with van der Waals surface area (Å²) in [5.74, 6) is 0. The fourth-order valence-corrected chi connectivity index (χ4v) is 1.77. The van der Waals surface area contributed by atoms with Crippen LogP contribution >= 0.6 is 0 Å². The first kappa shape index (κ1) is 9.69. The normalized spacial score (nSPS) is 23.6. The van der Waals surface area contributed by atoms with Crippen LogP contribution in [0.2, 0.25) is 0 Å². The van der Waals surface area contributed by atoms with Gasteiger partial charge in [0.15, 0.2) is 0 Å². The number of hydrogen-bond donors (Lipinski definition) is 0. The summed E-state index contributed by atoms with van der Waals surface area (Å²) in [4.78, 5) is 2.39. The molecule has 1 atom stereocenters. The quantitative estimate of drug-likeness (QED) is 0.704. The van der Waals surface area contributed by atoms with Crippen molar-refractivity contribution in [1.29, 1.82) is 0 Å². The molecule has 0 unspecified atom stereocenters. The maximum absolute atomic E-state index is 5.39. The van der Waals surface area contributed by atoms with Gasteiger partial charge in [-0.1, -0.05) is 30.3 Å². The van der Waals surface area contributed by atoms with Crippen molar-refractivity contribution < 1.29 is 4.74 Å². The molecular weight excluding hydrogens is 174 g/mol. The maximum Gasteiger partial charge on any atom is 0.0703 e. The van der Waals surface area contributed by atoms with E-state index in [-0.39, 0.29) is 6.10 Å². The van der Waals surface area contributed by atoms with Crippen LogP contribution in [0.1, 0.15) is 5.56 Å². The zero-order valence-electron chi connectivity index (χ0n) is 8.36. The van der Waals surface area contributed by atoms with Crippen LogP contribution in [-0.4, -0.2) is 30.7 Å². The lowest BCUT2D eigenvalue weighted by Crippen LogP contribution is -2.40. The Morgan fingerprint density at radius 3 is 2.86 bits per heavy atom. The fraction of sp³-hybridized carbons (Fsp3) is 0.417. The van der Waals surface area contributed by atoms with Crippen molar-refractivity contribution in [3.63, 3.8) is 0 Å². The second-order valence-corrected chi connectivity index (χ2v) is 3.71. The molecule has 1 radical (unpaired) electrons. The Hall–Kier alpha value is -0.860. The van der Waals surface area contributed by atoms with Gasteiger partial charge in [-0.15, -0.1) is 0 Å². The number of ether oxygens (including phenoxy) is 1. The number of hydrogen-bond acceptors (Lipinski definition) is 2. The zero-order valence-corrected chi connectivity index (χ0v) is 8.36. The third-order valence-electron chi connectivity index (χ3n) is 2.47. The molecule has 0 N–H and O–H groups in total. The van der Waals surface area contributed by atoms with Crippen LogP contribution in [0.15, 0.2) is 30.3 Å². The molecule has 2 rings (SSSR count). The second-order valence-electron chi connectivity index (χ2n) is 3.71. The minimum Gasteiger partial charge on any atom is -0.376 e. The van der Waals surface area contributed by atoms with Gasteiger partial charge in [0.25, 0.3) is 0 Å². The lowest BCUT2D eigenvalue weighted by Gasteiger charge is -2.30. The first-order valence-electron chi connectivity index (χ1n) is 5.05. The lowest BCUT2D eigenvalue weighted by atomic mass is 10.2. The molecular formula is C12H16NO. The van der Waals surface area contributed by atoms with Crippen molar-refractivity contribution in [2.75, 3.05) is 19.7 Å². The van der Waals surface area contributed by atoms with Gasteiger partial charge in [0.1, 0.15) is 0 Å². The van der Waals surface area contributed by atoms with E-state index in [4.69, 9.17) is 4.74 Å². The third-order valence-corrected chi connectivity index (χ3v) is 2.47. The average molecular weight is 190 g/mol. The summed E-state index contributed by atoms with van der Waals surface area (Å²) >= 11 is 0. The van der Waals surface area contributed by atoms with Crippen LogP contribution in [-0.2, 0) is 11.3 Å². The molecule has 0 bridgehead atoms. The molecule has 1 saturated heterocycles. The van der Waals surface area contributed by atoms with Gasteiger partial charge in [-0.05, 0) is 12.5 Å². The van der Waals surface area contributed by atoms with E-state index < -0.39 is 0 Å². The third kappa shape index (κ3) is 2.56. The van der Waals surface area contributed by atoms with Gasteiger partial charge in [-0.25, -0.2) is 0 Å². The zero-order chi connectivity index (χ0) is 9.80. The van der Waals surface area contributed by atoms with E-state index >= 15 is 0 Å². The topological polar surface area (TPSA) is 12.5 Å². The standard InChI is InChI=1S/C12H16NO/c1-11-9-13(7-8-14-11)10-12-5-3-2-4-6-12/h2-6,11H,1,7-10H2/t11-/m1/s1. The summed E-state index contributed by atoms with van der Waals surface area (Å²) in [6.07, 6.45) is 0.132. The highest BCUT2D eigenvalue weighted by Gasteiger charge is 2.16. The van der Waals surface area contributed by atoms with Crippen LogP contribution in [0.25, 0.3) is 0 Å². The highest BCUT2D eigenvalue weighted by molar-refractivity contribution is 5.14. The Bertz CT molecular complexity index is 273. The summed E-state index contributed by atoms with van der Waals surface area (Å²) < 4.78 is 5.39. The summed E-state index contributed by atoms with van der Waals surface area (Å²) in [5, 5.41) is 0. The largest absolute Gasteiger partial charge is 0.376 e. The molecule has 1 aliphatic heterocycles. The molecule has 1 aromatic rings. The average Bonchev–Trinajstić information content (AvgIpc) is 2.19. The molecule has 0 spiro atoms. The number of morpholine rings is 1. The van der Waals surface area contributed by atoms with E-state index in [9.17, 15) is 0 Å². The minimum absolute atomic E-state index is 0.132. The van der Waals surface area contributed by atoms with Crippen molar-refractivity contribution in [3.05, 3.63) is 42.8 Å². The monoisotopic (exact) mass is 190 g/mol. The van der Waals surface area contributed by atoms with Crippen LogP contribution in [0.5, 0.6) is 0 Å². The fourth-order valence-electron chi connectivity index (χ4n) is 1.77. The molecule has 0 amide bonds. The van der Waals surface area contributed by atoms with Gasteiger partial charge in [0.05, 0.1) is 12.7 Å². The van der Waals surface area contributed by atoms with Crippen molar-refractivity contribution >= 4 is 0 Å². The molecule has 1 fully saturated rings. The van der Waals surface area contributed by atoms with Crippen LogP contribution in [0, 0.1) is 6.92 Å². The van der Waals surface area contributed by atoms with Gasteiger partial charge in [0.2, 0.25) is 0 Å². The molecule has 0 aromatic heterocycles. The highest BCUT2D eigenvalue weighted by atomic mass is 16.5. The molecule has 1 aliphatic rings. The van der Waals surface area contributed by atoms with Gasteiger partial charge in [-0.3, -0.25) is 4.90 Å². The van der Waals surface area contributed by atoms with Crippen LogP contribution in [0.3, 0.4) is 0 Å². The van der Waals surface area contributed by atoms with E-state index in [1.54, 1.807) is 0 Å². The Morgan fingerprint density at radius 2 is 2.14 bits per heavy atom. The first-order chi connectivity index (χ1) is 6.84. The van der Waals surface area contributed by atoms with Gasteiger partial charge in [0, 0.05) is 19.6 Å². The molecule has 2 heteroatoms. The van der Waals surface area contributed by atoms with Crippen LogP contribution in [0.4, 0.5) is 0 Å². The molecule has 2 nitrogen and oxygen atoms in total. The van der Waals surface area contributed by atoms with Crippen molar-refractivity contribution in [2.24, 2.45) is 0 Å². The van der Waals surface area contributed by atoms with E-state index in [2.05, 4.69) is 36.1 Å². The Balaban J connectivity index is 1.91. The minimum atomic E-state index is 0.132. The Kier molecular flexibility index (Phi) is 3.17. The van der Waals surface area contributed by atoms with Crippen LogP contribution < -0.4 is 0 Å². The van der Waals surface area contributed by atoms with E-state index in [1.807, 2.05) is 6.07 Å². The van der Waals surface area contributed by atoms with E-state index in [0.29, 0.717) is 0 Å². The SMILES string of the molecule is [CH2][C@@H]1CN(Cc2ccccc2)CCO1. The maximum atomic E-state index is 5.39. The molecule has 1 heterocycles. The molecule has 14 heavy (non-hydrogen) atoms. The summed E-state index contributed by atoms with van der Waals surface area (Å²) in [5.41, 5.74) is 1.36. The lowest BCUT2D eigenvalue weighted by molar-refractivity contribution is -0.00795. The van der Waals surface area contributed by atoms with Gasteiger partial charge >= 0.3 is 0 Å². The first-order valence-corrected chi connectivity index (χ1v) is 5.05. The van der Waals surface area contributed by atoms with E-state index in [1.165, 1.54) is 5.56 Å². The number of benzene rings is 1. The van der Waals surface area contributed by atoms with E-state index in [0.717, 1.165) is 26.2 Å². The highest BCUT2D eigenvalue weighted by Crippen LogP contribution is 2.09. The van der Waals surface area contributed by atoms with Gasteiger partial charge < -0.3 is 4.74 Å². The summed E-state index contributed by atoms with van der Waals surface area (Å²) in [7, 11) is 0. The van der Waals surface area contributed by atoms with Crippen molar-refractivity contribution in [3.8, 4) is 0 Å². The summed E-state index contributed by atoms with van der Waals surface area (Å²) in [6, 6.07) is 10.5. The molecule has 0 saturated carbocycles. The van der Waals surface area contributed by atoms with Crippen molar-refractivity contribution in [2.45, 2.75) is 12.6 Å². The Morgan fingerprint density at radius 1 is 1.36 bits per heavy atom. The molecule has 1 aromatic carbocycles.